The summed E-state index contributed by atoms with van der Waals surface area (Å²) < 4.78 is 33.6. The van der Waals surface area contributed by atoms with Crippen LogP contribution in [0.25, 0.3) is 22.3 Å². The second-order valence-corrected chi connectivity index (χ2v) is 6.77. The van der Waals surface area contributed by atoms with Gasteiger partial charge in [-0.25, -0.2) is 0 Å². The fourth-order valence-corrected chi connectivity index (χ4v) is 3.81. The Labute approximate surface area is 175 Å². The molecular formula is C20H19IO7. The van der Waals surface area contributed by atoms with Gasteiger partial charge in [-0.2, -0.15) is 0 Å². The molecule has 28 heavy (non-hydrogen) atoms. The van der Waals surface area contributed by atoms with E-state index in [0.29, 0.717) is 54.6 Å². The van der Waals surface area contributed by atoms with Crippen LogP contribution in [0.1, 0.15) is 0 Å². The SMILES string of the molecule is COc1cc2oc(-c3cc(OC)c(OC)c(OC)c3)cc(=O)c2c(OC)c1I. The van der Waals surface area contributed by atoms with Crippen molar-refractivity contribution in [3.63, 3.8) is 0 Å². The van der Waals surface area contributed by atoms with Crippen LogP contribution in [-0.2, 0) is 0 Å². The second kappa shape index (κ2) is 8.17. The fraction of sp³-hybridized carbons (Fsp3) is 0.250. The maximum Gasteiger partial charge on any atom is 0.203 e. The van der Waals surface area contributed by atoms with Gasteiger partial charge in [0.15, 0.2) is 22.7 Å². The van der Waals surface area contributed by atoms with Gasteiger partial charge in [0.2, 0.25) is 5.75 Å². The van der Waals surface area contributed by atoms with Crippen molar-refractivity contribution in [2.45, 2.75) is 0 Å². The summed E-state index contributed by atoms with van der Waals surface area (Å²) >= 11 is 2.07. The minimum atomic E-state index is -0.234. The monoisotopic (exact) mass is 498 g/mol. The quantitative estimate of drug-likeness (QED) is 0.474. The zero-order valence-electron chi connectivity index (χ0n) is 16.0. The van der Waals surface area contributed by atoms with Crippen LogP contribution in [0.15, 0.2) is 33.5 Å². The van der Waals surface area contributed by atoms with E-state index in [1.165, 1.54) is 34.5 Å². The van der Waals surface area contributed by atoms with E-state index in [-0.39, 0.29) is 5.43 Å². The molecule has 0 spiro atoms. The van der Waals surface area contributed by atoms with Gasteiger partial charge >= 0.3 is 0 Å². The molecule has 1 heterocycles. The highest BCUT2D eigenvalue weighted by atomic mass is 127. The summed E-state index contributed by atoms with van der Waals surface area (Å²) in [7, 11) is 7.62. The van der Waals surface area contributed by atoms with Crippen molar-refractivity contribution in [3.8, 4) is 40.1 Å². The molecule has 0 fully saturated rings. The first-order chi connectivity index (χ1) is 13.5. The number of hydrogen-bond donors (Lipinski definition) is 0. The largest absolute Gasteiger partial charge is 0.495 e. The third-order valence-electron chi connectivity index (χ3n) is 4.25. The summed E-state index contributed by atoms with van der Waals surface area (Å²) in [5, 5.41) is 0.351. The maximum absolute atomic E-state index is 12.9. The van der Waals surface area contributed by atoms with Crippen LogP contribution < -0.4 is 29.1 Å². The predicted octanol–water partition coefficient (Wildman–Crippen LogP) is 4.11. The molecule has 0 bridgehead atoms. The zero-order chi connectivity index (χ0) is 20.4. The Balaban J connectivity index is 2.31. The van der Waals surface area contributed by atoms with Gasteiger partial charge in [0, 0.05) is 17.7 Å². The van der Waals surface area contributed by atoms with Crippen LogP contribution in [0, 0.1) is 3.57 Å². The van der Waals surface area contributed by atoms with Gasteiger partial charge in [-0.05, 0) is 34.7 Å². The Bertz CT molecular complexity index is 1060. The Morgan fingerprint density at radius 3 is 1.82 bits per heavy atom. The van der Waals surface area contributed by atoms with Gasteiger partial charge in [-0.15, -0.1) is 0 Å². The van der Waals surface area contributed by atoms with E-state index in [9.17, 15) is 4.79 Å². The number of methoxy groups -OCH3 is 5. The first-order valence-electron chi connectivity index (χ1n) is 8.17. The molecule has 0 unspecified atom stereocenters. The number of halogens is 1. The van der Waals surface area contributed by atoms with Crippen LogP contribution in [0.3, 0.4) is 0 Å². The van der Waals surface area contributed by atoms with Crippen LogP contribution >= 0.6 is 22.6 Å². The van der Waals surface area contributed by atoms with Gasteiger partial charge in [0.25, 0.3) is 0 Å². The normalized spacial score (nSPS) is 10.6. The van der Waals surface area contributed by atoms with E-state index in [2.05, 4.69) is 22.6 Å². The molecular weight excluding hydrogens is 479 g/mol. The van der Waals surface area contributed by atoms with Crippen LogP contribution in [0.2, 0.25) is 0 Å². The lowest BCUT2D eigenvalue weighted by atomic mass is 10.1. The Morgan fingerprint density at radius 1 is 0.750 bits per heavy atom. The standard InChI is InChI=1S/C20H19IO7/c1-23-14-9-13-17(20(27-5)18(14)21)11(22)8-12(28-13)10-6-15(24-2)19(26-4)16(7-10)25-3/h6-9H,1-5H3. The molecule has 0 aliphatic carbocycles. The third-order valence-corrected chi connectivity index (χ3v) is 5.27. The van der Waals surface area contributed by atoms with E-state index < -0.39 is 0 Å². The first-order valence-corrected chi connectivity index (χ1v) is 9.25. The molecule has 2 aromatic carbocycles. The van der Waals surface area contributed by atoms with Crippen molar-refractivity contribution in [3.05, 3.63) is 38.1 Å². The van der Waals surface area contributed by atoms with E-state index in [1.54, 1.807) is 25.3 Å². The van der Waals surface area contributed by atoms with Crippen molar-refractivity contribution in [2.24, 2.45) is 0 Å². The smallest absolute Gasteiger partial charge is 0.203 e. The van der Waals surface area contributed by atoms with E-state index in [0.717, 1.165) is 0 Å². The predicted molar refractivity (Wildman–Crippen MR) is 113 cm³/mol. The molecule has 0 aliphatic rings. The van der Waals surface area contributed by atoms with Crippen molar-refractivity contribution < 1.29 is 28.1 Å². The highest BCUT2D eigenvalue weighted by molar-refractivity contribution is 14.1. The molecule has 1 aromatic heterocycles. The molecule has 0 saturated carbocycles. The Morgan fingerprint density at radius 2 is 1.32 bits per heavy atom. The van der Waals surface area contributed by atoms with Crippen molar-refractivity contribution in [1.29, 1.82) is 0 Å². The lowest BCUT2D eigenvalue weighted by Crippen LogP contribution is -2.05. The third kappa shape index (κ3) is 3.32. The molecule has 0 atom stereocenters. The van der Waals surface area contributed by atoms with Gasteiger partial charge in [0.1, 0.15) is 22.5 Å². The summed E-state index contributed by atoms with van der Waals surface area (Å²) in [5.74, 6) is 2.68. The summed E-state index contributed by atoms with van der Waals surface area (Å²) in [6, 6.07) is 6.51. The second-order valence-electron chi connectivity index (χ2n) is 5.69. The van der Waals surface area contributed by atoms with Gasteiger partial charge in [-0.3, -0.25) is 4.79 Å². The molecule has 0 aliphatic heterocycles. The molecule has 3 rings (SSSR count). The average Bonchev–Trinajstić information content (AvgIpc) is 2.72. The van der Waals surface area contributed by atoms with Crippen LogP contribution in [0.5, 0.6) is 28.7 Å². The van der Waals surface area contributed by atoms with Crippen molar-refractivity contribution in [2.75, 3.05) is 35.5 Å². The Hall–Kier alpha value is -2.62. The molecule has 148 valence electrons. The molecule has 0 amide bonds. The fourth-order valence-electron chi connectivity index (χ4n) is 2.95. The van der Waals surface area contributed by atoms with E-state index in [1.807, 2.05) is 0 Å². The summed E-state index contributed by atoms with van der Waals surface area (Å²) in [6.07, 6.45) is 0. The maximum atomic E-state index is 12.9. The highest BCUT2D eigenvalue weighted by Gasteiger charge is 2.20. The average molecular weight is 498 g/mol. The number of fused-ring (bicyclic) bond motifs is 1. The number of benzene rings is 2. The molecule has 0 N–H and O–H groups in total. The molecule has 0 saturated heterocycles. The Kier molecular flexibility index (Phi) is 5.87. The van der Waals surface area contributed by atoms with E-state index in [4.69, 9.17) is 28.1 Å². The van der Waals surface area contributed by atoms with Gasteiger partial charge < -0.3 is 28.1 Å². The summed E-state index contributed by atoms with van der Waals surface area (Å²) in [4.78, 5) is 12.9. The number of hydrogen-bond acceptors (Lipinski definition) is 7. The van der Waals surface area contributed by atoms with Crippen molar-refractivity contribution >= 4 is 33.6 Å². The van der Waals surface area contributed by atoms with E-state index >= 15 is 0 Å². The number of ether oxygens (including phenoxy) is 5. The first kappa shape index (κ1) is 20.1. The zero-order valence-corrected chi connectivity index (χ0v) is 18.2. The number of rotatable bonds is 6. The van der Waals surface area contributed by atoms with Gasteiger partial charge in [0.05, 0.1) is 39.1 Å². The molecule has 0 radical (unpaired) electrons. The lowest BCUT2D eigenvalue weighted by Gasteiger charge is -2.15. The minimum Gasteiger partial charge on any atom is -0.495 e. The minimum absolute atomic E-state index is 0.234. The van der Waals surface area contributed by atoms with Crippen molar-refractivity contribution in [1.82, 2.24) is 0 Å². The topological polar surface area (TPSA) is 76.4 Å². The van der Waals surface area contributed by atoms with Crippen LogP contribution in [-0.4, -0.2) is 35.5 Å². The van der Waals surface area contributed by atoms with Gasteiger partial charge in [-0.1, -0.05) is 0 Å². The molecule has 3 aromatic rings. The highest BCUT2D eigenvalue weighted by Crippen LogP contribution is 2.42. The lowest BCUT2D eigenvalue weighted by molar-refractivity contribution is 0.324. The summed E-state index contributed by atoms with van der Waals surface area (Å²) in [6.45, 7) is 0. The molecule has 7 nitrogen and oxygen atoms in total. The van der Waals surface area contributed by atoms with Crippen LogP contribution in [0.4, 0.5) is 0 Å². The summed E-state index contributed by atoms with van der Waals surface area (Å²) in [5.41, 5.74) is 0.720. The molecule has 8 heteroatoms.